The van der Waals surface area contributed by atoms with Gasteiger partial charge < -0.3 is 14.7 Å². The fourth-order valence-corrected chi connectivity index (χ4v) is 2.23. The second kappa shape index (κ2) is 5.75. The van der Waals surface area contributed by atoms with Gasteiger partial charge in [0, 0.05) is 13.1 Å². The van der Waals surface area contributed by atoms with E-state index in [-0.39, 0.29) is 18.1 Å². The number of rotatable bonds is 4. The zero-order valence-corrected chi connectivity index (χ0v) is 11.2. The molecule has 0 spiro atoms. The van der Waals surface area contributed by atoms with E-state index in [2.05, 4.69) is 4.74 Å². The maximum absolute atomic E-state index is 12.0. The van der Waals surface area contributed by atoms with Crippen molar-refractivity contribution in [2.45, 2.75) is 32.0 Å². The van der Waals surface area contributed by atoms with Crippen LogP contribution in [-0.2, 0) is 11.2 Å². The number of hydrogen-bond acceptors (Lipinski definition) is 3. The first kappa shape index (κ1) is 14.7. The summed E-state index contributed by atoms with van der Waals surface area (Å²) in [5, 5.41) is 9.82. The van der Waals surface area contributed by atoms with Crippen molar-refractivity contribution >= 4 is 5.91 Å². The predicted octanol–water partition coefficient (Wildman–Crippen LogP) is 1.81. The van der Waals surface area contributed by atoms with Crippen LogP contribution in [0.5, 0.6) is 5.75 Å². The minimum absolute atomic E-state index is 0.0697. The Bertz CT molecular complexity index is 474. The molecule has 20 heavy (non-hydrogen) atoms. The van der Waals surface area contributed by atoms with E-state index in [0.29, 0.717) is 19.5 Å². The molecular formula is C14H17F2NO3. The van der Waals surface area contributed by atoms with Crippen molar-refractivity contribution in [2.75, 3.05) is 13.1 Å². The fourth-order valence-electron chi connectivity index (χ4n) is 2.23. The number of β-amino-alcohol motifs (C(OH)–C–C–N with tert-alkyl or cyclic N) is 1. The van der Waals surface area contributed by atoms with E-state index in [1.54, 1.807) is 24.0 Å². The minimum atomic E-state index is -2.85. The first-order chi connectivity index (χ1) is 9.35. The second-order valence-corrected chi connectivity index (χ2v) is 5.26. The van der Waals surface area contributed by atoms with Gasteiger partial charge in [0.15, 0.2) is 0 Å². The van der Waals surface area contributed by atoms with Crippen LogP contribution in [0.3, 0.4) is 0 Å². The van der Waals surface area contributed by atoms with Crippen molar-refractivity contribution in [3.8, 4) is 5.75 Å². The molecule has 1 aliphatic heterocycles. The highest BCUT2D eigenvalue weighted by Crippen LogP contribution is 2.21. The van der Waals surface area contributed by atoms with Gasteiger partial charge in [-0.15, -0.1) is 0 Å². The number of carbonyl (C=O) groups is 1. The smallest absolute Gasteiger partial charge is 0.387 e. The van der Waals surface area contributed by atoms with Crippen LogP contribution in [-0.4, -0.2) is 41.2 Å². The molecule has 0 aliphatic carbocycles. The van der Waals surface area contributed by atoms with Crippen molar-refractivity contribution in [3.63, 3.8) is 0 Å². The van der Waals surface area contributed by atoms with Gasteiger partial charge in [0.25, 0.3) is 0 Å². The van der Waals surface area contributed by atoms with E-state index in [0.717, 1.165) is 5.56 Å². The number of likely N-dealkylation sites (tertiary alicyclic amines) is 1. The lowest BCUT2D eigenvalue weighted by Gasteiger charge is -2.19. The average molecular weight is 285 g/mol. The minimum Gasteiger partial charge on any atom is -0.435 e. The van der Waals surface area contributed by atoms with Crippen LogP contribution in [0.25, 0.3) is 0 Å². The molecule has 0 saturated carbocycles. The number of hydrogen-bond donors (Lipinski definition) is 1. The lowest BCUT2D eigenvalue weighted by molar-refractivity contribution is -0.130. The van der Waals surface area contributed by atoms with Crippen LogP contribution < -0.4 is 4.74 Å². The number of ether oxygens (including phenoxy) is 1. The van der Waals surface area contributed by atoms with Crippen LogP contribution in [0.15, 0.2) is 24.3 Å². The third-order valence-electron chi connectivity index (χ3n) is 3.31. The molecule has 1 fully saturated rings. The zero-order chi connectivity index (χ0) is 14.8. The number of amides is 1. The summed E-state index contributed by atoms with van der Waals surface area (Å²) in [5.41, 5.74) is -0.0897. The van der Waals surface area contributed by atoms with E-state index in [1.165, 1.54) is 12.1 Å². The molecule has 1 aliphatic rings. The SMILES string of the molecule is CC1(O)CCN(C(=O)Cc2ccc(OC(F)F)cc2)C1. The summed E-state index contributed by atoms with van der Waals surface area (Å²) >= 11 is 0. The molecule has 1 heterocycles. The highest BCUT2D eigenvalue weighted by atomic mass is 19.3. The third-order valence-corrected chi connectivity index (χ3v) is 3.31. The zero-order valence-electron chi connectivity index (χ0n) is 11.2. The molecular weight excluding hydrogens is 268 g/mol. The number of halogens is 2. The van der Waals surface area contributed by atoms with Crippen molar-refractivity contribution < 1.29 is 23.4 Å². The average Bonchev–Trinajstić information content (AvgIpc) is 2.72. The van der Waals surface area contributed by atoms with Crippen LogP contribution in [0, 0.1) is 0 Å². The Kier molecular flexibility index (Phi) is 4.23. The normalized spacial score (nSPS) is 22.4. The quantitative estimate of drug-likeness (QED) is 0.918. The molecule has 6 heteroatoms. The Morgan fingerprint density at radius 3 is 2.60 bits per heavy atom. The Morgan fingerprint density at radius 2 is 2.10 bits per heavy atom. The van der Waals surface area contributed by atoms with Crippen LogP contribution in [0.4, 0.5) is 8.78 Å². The first-order valence-corrected chi connectivity index (χ1v) is 6.40. The van der Waals surface area contributed by atoms with E-state index >= 15 is 0 Å². The Labute approximate surface area is 116 Å². The van der Waals surface area contributed by atoms with Gasteiger partial charge in [-0.1, -0.05) is 12.1 Å². The van der Waals surface area contributed by atoms with Crippen LogP contribution in [0.1, 0.15) is 18.9 Å². The van der Waals surface area contributed by atoms with Gasteiger partial charge in [0.1, 0.15) is 5.75 Å². The molecule has 1 amide bonds. The van der Waals surface area contributed by atoms with E-state index < -0.39 is 12.2 Å². The third kappa shape index (κ3) is 3.90. The number of alkyl halides is 2. The van der Waals surface area contributed by atoms with Gasteiger partial charge in [0.2, 0.25) is 5.91 Å². The highest BCUT2D eigenvalue weighted by molar-refractivity contribution is 5.79. The summed E-state index contributed by atoms with van der Waals surface area (Å²) < 4.78 is 28.2. The molecule has 2 rings (SSSR count). The van der Waals surface area contributed by atoms with Crippen molar-refractivity contribution in [2.24, 2.45) is 0 Å². The largest absolute Gasteiger partial charge is 0.435 e. The summed E-state index contributed by atoms with van der Waals surface area (Å²) in [6.07, 6.45) is 0.755. The van der Waals surface area contributed by atoms with Gasteiger partial charge in [-0.3, -0.25) is 4.79 Å². The molecule has 0 bridgehead atoms. The summed E-state index contributed by atoms with van der Waals surface area (Å²) in [5.74, 6) is -0.00870. The number of carbonyl (C=O) groups excluding carboxylic acids is 1. The van der Waals surface area contributed by atoms with Crippen LogP contribution in [0.2, 0.25) is 0 Å². The van der Waals surface area contributed by atoms with Crippen LogP contribution >= 0.6 is 0 Å². The standard InChI is InChI=1S/C14H17F2NO3/c1-14(19)6-7-17(9-14)12(18)8-10-2-4-11(5-3-10)20-13(15)16/h2-5,13,19H,6-9H2,1H3. The van der Waals surface area contributed by atoms with Crippen molar-refractivity contribution in [3.05, 3.63) is 29.8 Å². The molecule has 1 atom stereocenters. The Morgan fingerprint density at radius 1 is 1.45 bits per heavy atom. The lowest BCUT2D eigenvalue weighted by atomic mass is 10.1. The van der Waals surface area contributed by atoms with Gasteiger partial charge in [-0.25, -0.2) is 0 Å². The second-order valence-electron chi connectivity index (χ2n) is 5.26. The molecule has 110 valence electrons. The molecule has 1 saturated heterocycles. The van der Waals surface area contributed by atoms with Gasteiger partial charge >= 0.3 is 6.61 Å². The Balaban J connectivity index is 1.91. The predicted molar refractivity (Wildman–Crippen MR) is 68.6 cm³/mol. The highest BCUT2D eigenvalue weighted by Gasteiger charge is 2.33. The van der Waals surface area contributed by atoms with E-state index in [1.807, 2.05) is 0 Å². The summed E-state index contributed by atoms with van der Waals surface area (Å²) in [7, 11) is 0. The number of aliphatic hydroxyl groups is 1. The molecule has 1 N–H and O–H groups in total. The summed E-state index contributed by atoms with van der Waals surface area (Å²) in [4.78, 5) is 13.6. The van der Waals surface area contributed by atoms with Gasteiger partial charge in [0.05, 0.1) is 12.0 Å². The lowest BCUT2D eigenvalue weighted by Crippen LogP contribution is -2.34. The number of nitrogens with zero attached hydrogens (tertiary/aromatic N) is 1. The van der Waals surface area contributed by atoms with Crippen molar-refractivity contribution in [1.82, 2.24) is 4.90 Å². The topological polar surface area (TPSA) is 49.8 Å². The molecule has 1 aromatic carbocycles. The van der Waals surface area contributed by atoms with E-state index in [9.17, 15) is 18.7 Å². The van der Waals surface area contributed by atoms with E-state index in [4.69, 9.17) is 0 Å². The first-order valence-electron chi connectivity index (χ1n) is 6.40. The van der Waals surface area contributed by atoms with Crippen molar-refractivity contribution in [1.29, 1.82) is 0 Å². The molecule has 4 nitrogen and oxygen atoms in total. The molecule has 1 aromatic rings. The monoisotopic (exact) mass is 285 g/mol. The Hall–Kier alpha value is -1.69. The molecule has 0 aromatic heterocycles. The fraction of sp³-hybridized carbons (Fsp3) is 0.500. The maximum atomic E-state index is 12.0. The summed E-state index contributed by atoms with van der Waals surface area (Å²) in [6.45, 7) is -0.276. The molecule has 1 unspecified atom stereocenters. The maximum Gasteiger partial charge on any atom is 0.387 e. The number of benzene rings is 1. The summed E-state index contributed by atoms with van der Waals surface area (Å²) in [6, 6.07) is 6.00. The van der Waals surface area contributed by atoms with Gasteiger partial charge in [-0.2, -0.15) is 8.78 Å². The molecule has 0 radical (unpaired) electrons. The van der Waals surface area contributed by atoms with Gasteiger partial charge in [-0.05, 0) is 31.0 Å².